The van der Waals surface area contributed by atoms with Crippen LogP contribution in [0.2, 0.25) is 0 Å². The Kier molecular flexibility index (Phi) is 10.3. The molecule has 0 bridgehead atoms. The lowest BCUT2D eigenvalue weighted by molar-refractivity contribution is -0.245. The van der Waals surface area contributed by atoms with Gasteiger partial charge in [-0.2, -0.15) is 0 Å². The molecule has 0 saturated heterocycles. The second-order valence-electron chi connectivity index (χ2n) is 19.9. The molecule has 1 amide bonds. The van der Waals surface area contributed by atoms with Gasteiger partial charge in [0, 0.05) is 18.4 Å². The second-order valence-corrected chi connectivity index (χ2v) is 19.9. The number of nitrogens with one attached hydrogen (secondary N) is 1. The zero-order valence-electron chi connectivity index (χ0n) is 33.6. The van der Waals surface area contributed by atoms with Gasteiger partial charge in [-0.3, -0.25) is 14.4 Å². The summed E-state index contributed by atoms with van der Waals surface area (Å²) in [6.45, 7) is 23.0. The minimum absolute atomic E-state index is 0.111. The first-order valence-corrected chi connectivity index (χ1v) is 20.3. The number of hydrogen-bond acceptors (Lipinski definition) is 5. The molecule has 2 N–H and O–H groups in total. The van der Waals surface area contributed by atoms with Gasteiger partial charge in [0.25, 0.3) is 0 Å². The van der Waals surface area contributed by atoms with Crippen molar-refractivity contribution in [3.8, 4) is 5.75 Å². The Bertz CT molecular complexity index is 1550. The summed E-state index contributed by atoms with van der Waals surface area (Å²) in [5.74, 6) is 3.29. The summed E-state index contributed by atoms with van der Waals surface area (Å²) in [6.07, 6.45) is 10.4. The molecule has 0 aromatic heterocycles. The summed E-state index contributed by atoms with van der Waals surface area (Å²) in [5, 5.41) is 12.8. The molecule has 11 atom stereocenters. The number of carboxylic acid groups (broad SMARTS) is 1. The molecule has 0 spiro atoms. The number of allylic oxidation sites excluding steroid dienone is 1. The van der Waals surface area contributed by atoms with E-state index < -0.39 is 17.4 Å². The smallest absolute Gasteiger partial charge is 0.309 e. The van der Waals surface area contributed by atoms with Crippen molar-refractivity contribution in [2.45, 2.75) is 139 Å². The summed E-state index contributed by atoms with van der Waals surface area (Å²) < 4.78 is 11.5. The predicted molar refractivity (Wildman–Crippen MR) is 204 cm³/mol. The quantitative estimate of drug-likeness (QED) is 0.185. The Morgan fingerprint density at radius 1 is 0.923 bits per heavy atom. The number of methoxy groups -OCH3 is 1. The summed E-state index contributed by atoms with van der Waals surface area (Å²) in [6, 6.07) is 7.92. The number of rotatable bonds is 10. The molecule has 5 aliphatic rings. The number of esters is 1. The van der Waals surface area contributed by atoms with Crippen LogP contribution in [0, 0.1) is 68.5 Å². The number of fused-ring (bicyclic) bond motifs is 7. The maximum atomic E-state index is 13.4. The molecule has 1 aromatic carbocycles. The third kappa shape index (κ3) is 6.42. The van der Waals surface area contributed by atoms with Crippen LogP contribution in [-0.4, -0.2) is 36.2 Å². The van der Waals surface area contributed by atoms with Gasteiger partial charge in [0.05, 0.1) is 18.9 Å². The zero-order valence-corrected chi connectivity index (χ0v) is 33.6. The van der Waals surface area contributed by atoms with Crippen molar-refractivity contribution in [1.82, 2.24) is 5.32 Å². The van der Waals surface area contributed by atoms with Gasteiger partial charge in [0.2, 0.25) is 5.91 Å². The lowest BCUT2D eigenvalue weighted by atomic mass is 9.33. The Balaban J connectivity index is 1.17. The Morgan fingerprint density at radius 2 is 1.60 bits per heavy atom. The highest BCUT2D eigenvalue weighted by Gasteiger charge is 2.70. The van der Waals surface area contributed by atoms with Crippen molar-refractivity contribution in [3.05, 3.63) is 42.0 Å². The average molecular weight is 718 g/mol. The van der Waals surface area contributed by atoms with Crippen LogP contribution < -0.4 is 10.1 Å². The van der Waals surface area contributed by atoms with Crippen LogP contribution in [0.4, 0.5) is 0 Å². The Labute approximate surface area is 313 Å². The molecule has 7 heteroatoms. The summed E-state index contributed by atoms with van der Waals surface area (Å²) >= 11 is 0. The van der Waals surface area contributed by atoms with Crippen molar-refractivity contribution in [1.29, 1.82) is 0 Å². The SMILES string of the molecule is C=C(C)[C@@H]1C[C@@H](CC(=O)NCc2ccc(OC)cc2)C2CC[C@]3(C)[C@H](CC[C@@H]4[C@@]5(C)CC[C@H](OC(=O)CC(C)(C)C(=O)O)C(C)(C)[C@@H]5CC[C@]43C)[C@H]21. The van der Waals surface area contributed by atoms with E-state index in [0.717, 1.165) is 37.0 Å². The van der Waals surface area contributed by atoms with Crippen molar-refractivity contribution in [3.63, 3.8) is 0 Å². The molecule has 0 radical (unpaired) electrons. The second kappa shape index (κ2) is 13.8. The minimum atomic E-state index is -1.14. The number of carbonyl (C=O) groups is 3. The van der Waals surface area contributed by atoms with E-state index in [2.05, 4.69) is 53.4 Å². The van der Waals surface area contributed by atoms with Crippen molar-refractivity contribution < 1.29 is 29.0 Å². The summed E-state index contributed by atoms with van der Waals surface area (Å²) in [4.78, 5) is 38.2. The number of aliphatic carboxylic acids is 1. The van der Waals surface area contributed by atoms with Crippen molar-refractivity contribution >= 4 is 17.8 Å². The van der Waals surface area contributed by atoms with E-state index in [1.54, 1.807) is 21.0 Å². The highest BCUT2D eigenvalue weighted by molar-refractivity contribution is 5.81. The molecule has 6 rings (SSSR count). The molecular formula is C45H67NO6. The van der Waals surface area contributed by atoms with E-state index in [9.17, 15) is 19.5 Å². The van der Waals surface area contributed by atoms with Crippen LogP contribution in [0.5, 0.6) is 5.75 Å². The molecular weight excluding hydrogens is 650 g/mol. The van der Waals surface area contributed by atoms with E-state index in [-0.39, 0.29) is 40.1 Å². The fourth-order valence-electron chi connectivity index (χ4n) is 13.6. The molecule has 288 valence electrons. The number of carbonyl (C=O) groups excluding carboxylic acids is 2. The Hall–Kier alpha value is -2.83. The van der Waals surface area contributed by atoms with Crippen molar-refractivity contribution in [2.75, 3.05) is 7.11 Å². The topological polar surface area (TPSA) is 102 Å². The van der Waals surface area contributed by atoms with E-state index in [1.165, 1.54) is 37.7 Å². The largest absolute Gasteiger partial charge is 0.497 e. The van der Waals surface area contributed by atoms with Crippen molar-refractivity contribution in [2.24, 2.45) is 68.5 Å². The summed E-state index contributed by atoms with van der Waals surface area (Å²) in [7, 11) is 1.67. The first kappa shape index (κ1) is 38.9. The number of amides is 1. The van der Waals surface area contributed by atoms with E-state index in [4.69, 9.17) is 9.47 Å². The maximum Gasteiger partial charge on any atom is 0.309 e. The molecule has 5 saturated carbocycles. The first-order valence-electron chi connectivity index (χ1n) is 20.3. The third-order valence-corrected chi connectivity index (χ3v) is 16.6. The third-order valence-electron chi connectivity index (χ3n) is 16.6. The highest BCUT2D eigenvalue weighted by atomic mass is 16.5. The molecule has 52 heavy (non-hydrogen) atoms. The van der Waals surface area contributed by atoms with E-state index >= 15 is 0 Å². The molecule has 5 fully saturated rings. The standard InChI is InChI=1S/C45H67NO6/c1-27(2)32-23-29(24-37(47)46-26-28-11-13-30(51-10)14-12-28)31-17-21-44(8)33(39(31)32)15-16-35-43(7)20-19-36(52-38(48)25-41(3,4)40(49)50)42(5,6)34(43)18-22-45(35,44)9/h11-14,29,31-36,39H,1,15-26H2,2-10H3,(H,46,47)(H,49,50)/t29-,31?,32-,33+,34-,35+,36-,39+,43-,44+,45+/m0/s1. The molecule has 0 heterocycles. The lowest BCUT2D eigenvalue weighted by Crippen LogP contribution is -2.66. The maximum absolute atomic E-state index is 13.4. The lowest BCUT2D eigenvalue weighted by Gasteiger charge is -2.72. The van der Waals surface area contributed by atoms with E-state index in [1.807, 2.05) is 24.3 Å². The van der Waals surface area contributed by atoms with Gasteiger partial charge in [-0.15, -0.1) is 0 Å². The molecule has 0 aliphatic heterocycles. The van der Waals surface area contributed by atoms with Crippen LogP contribution in [0.3, 0.4) is 0 Å². The normalized spacial score (nSPS) is 39.2. The monoisotopic (exact) mass is 717 g/mol. The minimum Gasteiger partial charge on any atom is -0.497 e. The Morgan fingerprint density at radius 3 is 2.23 bits per heavy atom. The number of carboxylic acids is 1. The van der Waals surface area contributed by atoms with Gasteiger partial charge >= 0.3 is 11.9 Å². The number of benzene rings is 1. The van der Waals surface area contributed by atoms with Gasteiger partial charge in [-0.25, -0.2) is 0 Å². The summed E-state index contributed by atoms with van der Waals surface area (Å²) in [5.41, 5.74) is 1.63. The molecule has 1 aromatic rings. The fourth-order valence-corrected chi connectivity index (χ4v) is 13.6. The molecule has 7 nitrogen and oxygen atoms in total. The highest BCUT2D eigenvalue weighted by Crippen LogP contribution is 2.76. The fraction of sp³-hybridized carbons (Fsp3) is 0.756. The molecule has 1 unspecified atom stereocenters. The van der Waals surface area contributed by atoms with Crippen LogP contribution in [0.1, 0.15) is 132 Å². The number of ether oxygens (including phenoxy) is 2. The zero-order chi connectivity index (χ0) is 38.0. The van der Waals surface area contributed by atoms with Crippen LogP contribution in [0.15, 0.2) is 36.4 Å². The van der Waals surface area contributed by atoms with Gasteiger partial charge in [0.15, 0.2) is 0 Å². The predicted octanol–water partition coefficient (Wildman–Crippen LogP) is 9.63. The van der Waals surface area contributed by atoms with Gasteiger partial charge < -0.3 is 19.9 Å². The van der Waals surface area contributed by atoms with Gasteiger partial charge in [0.1, 0.15) is 11.9 Å². The first-order chi connectivity index (χ1) is 24.3. The van der Waals surface area contributed by atoms with Gasteiger partial charge in [-0.1, -0.05) is 58.9 Å². The van der Waals surface area contributed by atoms with E-state index in [0.29, 0.717) is 54.4 Å². The molecule has 5 aliphatic carbocycles. The van der Waals surface area contributed by atoms with Crippen LogP contribution in [0.25, 0.3) is 0 Å². The van der Waals surface area contributed by atoms with Gasteiger partial charge in [-0.05, 0) is 154 Å². The van der Waals surface area contributed by atoms with Crippen LogP contribution >= 0.6 is 0 Å². The average Bonchev–Trinajstić information content (AvgIpc) is 3.43. The van der Waals surface area contributed by atoms with Crippen LogP contribution in [-0.2, 0) is 25.7 Å². The number of hydrogen-bond donors (Lipinski definition) is 2.